The van der Waals surface area contributed by atoms with Gasteiger partial charge in [0.15, 0.2) is 0 Å². The lowest BCUT2D eigenvalue weighted by molar-refractivity contribution is -0.0969. The number of nitrogens with zero attached hydrogens (tertiary/aromatic N) is 2. The van der Waals surface area contributed by atoms with Crippen LogP contribution in [0.4, 0.5) is 5.82 Å². The Hall–Kier alpha value is -1.39. The Labute approximate surface area is 154 Å². The Morgan fingerprint density at radius 2 is 1.96 bits per heavy atom. The number of rotatable bonds is 7. The highest BCUT2D eigenvalue weighted by Gasteiger charge is 2.32. The van der Waals surface area contributed by atoms with Crippen LogP contribution in [0.25, 0.3) is 0 Å². The van der Waals surface area contributed by atoms with E-state index in [0.29, 0.717) is 24.6 Å². The van der Waals surface area contributed by atoms with Crippen molar-refractivity contribution in [3.8, 4) is 11.8 Å². The smallest absolute Gasteiger partial charge is 0.224 e. The number of hydrogen-bond donors (Lipinski definition) is 2. The van der Waals surface area contributed by atoms with Crippen LogP contribution in [0.3, 0.4) is 0 Å². The molecule has 1 aliphatic carbocycles. The maximum absolute atomic E-state index is 9.91. The van der Waals surface area contributed by atoms with Crippen LogP contribution < -0.4 is 5.32 Å². The minimum absolute atomic E-state index is 0.0437. The average molecular weight is 368 g/mol. The zero-order valence-corrected chi connectivity index (χ0v) is 15.6. The minimum atomic E-state index is -0.597. The molecule has 1 saturated carbocycles. The number of nitrogens with one attached hydrogen (secondary N) is 1. The SMILES string of the molecule is CCOC(C#Cc1cnc(Cl)nc1NC1(CO)CCCCC1)OCC. The summed E-state index contributed by atoms with van der Waals surface area (Å²) in [6, 6.07) is 0. The zero-order chi connectivity index (χ0) is 18.1. The van der Waals surface area contributed by atoms with Gasteiger partial charge in [-0.25, -0.2) is 4.98 Å². The molecule has 0 aliphatic heterocycles. The Kier molecular flexibility index (Phi) is 7.91. The van der Waals surface area contributed by atoms with Crippen molar-refractivity contribution in [2.24, 2.45) is 0 Å². The molecule has 0 amide bonds. The third kappa shape index (κ3) is 5.82. The number of hydrogen-bond acceptors (Lipinski definition) is 6. The van der Waals surface area contributed by atoms with Crippen LogP contribution in [0.1, 0.15) is 51.5 Å². The average Bonchev–Trinajstić information content (AvgIpc) is 2.62. The Bertz CT molecular complexity index is 603. The molecule has 0 saturated heterocycles. The predicted octanol–water partition coefficient (Wildman–Crippen LogP) is 2.99. The summed E-state index contributed by atoms with van der Waals surface area (Å²) in [5, 5.41) is 13.4. The molecule has 1 aromatic rings. The second kappa shape index (κ2) is 9.93. The van der Waals surface area contributed by atoms with Gasteiger partial charge in [0.2, 0.25) is 11.6 Å². The van der Waals surface area contributed by atoms with Crippen LogP contribution in [0, 0.1) is 11.8 Å². The third-order valence-electron chi connectivity index (χ3n) is 4.22. The minimum Gasteiger partial charge on any atom is -0.394 e. The number of aromatic nitrogens is 2. The zero-order valence-electron chi connectivity index (χ0n) is 14.8. The summed E-state index contributed by atoms with van der Waals surface area (Å²) in [5.41, 5.74) is 0.221. The highest BCUT2D eigenvalue weighted by molar-refractivity contribution is 6.28. The van der Waals surface area contributed by atoms with Crippen LogP contribution >= 0.6 is 11.6 Å². The molecule has 1 aliphatic rings. The maximum Gasteiger partial charge on any atom is 0.224 e. The van der Waals surface area contributed by atoms with E-state index in [2.05, 4.69) is 27.1 Å². The molecule has 138 valence electrons. The van der Waals surface area contributed by atoms with Crippen LogP contribution in [0.2, 0.25) is 5.28 Å². The molecular formula is C18H26ClN3O3. The van der Waals surface area contributed by atoms with E-state index in [4.69, 9.17) is 21.1 Å². The van der Waals surface area contributed by atoms with E-state index in [1.54, 1.807) is 6.20 Å². The molecule has 1 heterocycles. The van der Waals surface area contributed by atoms with Crippen molar-refractivity contribution in [1.82, 2.24) is 9.97 Å². The van der Waals surface area contributed by atoms with E-state index in [9.17, 15) is 5.11 Å². The first kappa shape index (κ1) is 19.9. The van der Waals surface area contributed by atoms with E-state index in [0.717, 1.165) is 25.7 Å². The van der Waals surface area contributed by atoms with Gasteiger partial charge >= 0.3 is 0 Å². The molecule has 1 fully saturated rings. The Morgan fingerprint density at radius 1 is 1.28 bits per heavy atom. The fourth-order valence-corrected chi connectivity index (χ4v) is 3.05. The molecule has 1 aromatic heterocycles. The van der Waals surface area contributed by atoms with Gasteiger partial charge in [-0.2, -0.15) is 4.98 Å². The standard InChI is InChI=1S/C18H26ClN3O3/c1-3-24-15(25-4-2)9-8-14-12-20-17(19)21-16(14)22-18(13-23)10-6-5-7-11-18/h12,15,23H,3-7,10-11,13H2,1-2H3,(H,20,21,22). The van der Waals surface area contributed by atoms with Gasteiger partial charge in [-0.15, -0.1) is 0 Å². The number of anilines is 1. The van der Waals surface area contributed by atoms with Crippen molar-refractivity contribution >= 4 is 17.4 Å². The van der Waals surface area contributed by atoms with E-state index in [1.165, 1.54) is 6.42 Å². The first-order chi connectivity index (χ1) is 12.1. The first-order valence-electron chi connectivity index (χ1n) is 8.79. The molecule has 0 radical (unpaired) electrons. The second-order valence-electron chi connectivity index (χ2n) is 6.04. The number of ether oxygens (including phenoxy) is 2. The van der Waals surface area contributed by atoms with Crippen LogP contribution in [0.5, 0.6) is 0 Å². The summed E-state index contributed by atoms with van der Waals surface area (Å²) >= 11 is 5.96. The van der Waals surface area contributed by atoms with E-state index in [1.807, 2.05) is 13.8 Å². The fourth-order valence-electron chi connectivity index (χ4n) is 2.92. The highest BCUT2D eigenvalue weighted by Crippen LogP contribution is 2.31. The van der Waals surface area contributed by atoms with Gasteiger partial charge in [-0.05, 0) is 44.2 Å². The molecule has 6 nitrogen and oxygen atoms in total. The van der Waals surface area contributed by atoms with Crippen LogP contribution in [-0.4, -0.2) is 46.7 Å². The van der Waals surface area contributed by atoms with E-state index >= 15 is 0 Å². The first-order valence-corrected chi connectivity index (χ1v) is 9.16. The van der Waals surface area contributed by atoms with E-state index < -0.39 is 6.29 Å². The van der Waals surface area contributed by atoms with Crippen molar-refractivity contribution in [3.05, 3.63) is 17.0 Å². The van der Waals surface area contributed by atoms with Gasteiger partial charge in [0, 0.05) is 19.4 Å². The van der Waals surface area contributed by atoms with Crippen LogP contribution in [0.15, 0.2) is 6.20 Å². The molecule has 7 heteroatoms. The lowest BCUT2D eigenvalue weighted by Gasteiger charge is -2.37. The summed E-state index contributed by atoms with van der Waals surface area (Å²) in [7, 11) is 0. The van der Waals surface area contributed by atoms with E-state index in [-0.39, 0.29) is 17.4 Å². The fraction of sp³-hybridized carbons (Fsp3) is 0.667. The molecule has 2 rings (SSSR count). The number of aliphatic hydroxyl groups excluding tert-OH is 1. The van der Waals surface area contributed by atoms with Gasteiger partial charge in [-0.3, -0.25) is 0 Å². The summed E-state index contributed by atoms with van der Waals surface area (Å²) < 4.78 is 10.9. The van der Waals surface area contributed by atoms with Crippen molar-refractivity contribution < 1.29 is 14.6 Å². The molecule has 2 N–H and O–H groups in total. The quantitative estimate of drug-likeness (QED) is 0.438. The molecule has 0 spiro atoms. The summed E-state index contributed by atoms with van der Waals surface area (Å²) in [5.74, 6) is 6.50. The maximum atomic E-state index is 9.91. The topological polar surface area (TPSA) is 76.5 Å². The van der Waals surface area contributed by atoms with Crippen LogP contribution in [-0.2, 0) is 9.47 Å². The molecule has 0 bridgehead atoms. The van der Waals surface area contributed by atoms with Crippen molar-refractivity contribution in [1.29, 1.82) is 0 Å². The van der Waals surface area contributed by atoms with Crippen molar-refractivity contribution in [2.45, 2.75) is 57.8 Å². The molecule has 25 heavy (non-hydrogen) atoms. The van der Waals surface area contributed by atoms with Crippen molar-refractivity contribution in [2.75, 3.05) is 25.1 Å². The van der Waals surface area contributed by atoms with Gasteiger partial charge in [0.25, 0.3) is 0 Å². The number of halogens is 1. The Morgan fingerprint density at radius 3 is 2.56 bits per heavy atom. The predicted molar refractivity (Wildman–Crippen MR) is 97.5 cm³/mol. The lowest BCUT2D eigenvalue weighted by atomic mass is 9.82. The lowest BCUT2D eigenvalue weighted by Crippen LogP contribution is -2.44. The number of aliphatic hydroxyl groups is 1. The van der Waals surface area contributed by atoms with Gasteiger partial charge in [0.05, 0.1) is 17.7 Å². The summed E-state index contributed by atoms with van der Waals surface area (Å²) in [6.45, 7) is 4.84. The Balaban J connectivity index is 2.25. The largest absolute Gasteiger partial charge is 0.394 e. The highest BCUT2D eigenvalue weighted by atomic mass is 35.5. The summed E-state index contributed by atoms with van der Waals surface area (Å²) in [4.78, 5) is 8.30. The summed E-state index contributed by atoms with van der Waals surface area (Å²) in [6.07, 6.45) is 6.09. The molecule has 0 atom stereocenters. The molecule has 0 aromatic carbocycles. The van der Waals surface area contributed by atoms with Gasteiger partial charge in [-0.1, -0.05) is 25.2 Å². The second-order valence-corrected chi connectivity index (χ2v) is 6.38. The van der Waals surface area contributed by atoms with Gasteiger partial charge in [0.1, 0.15) is 5.82 Å². The van der Waals surface area contributed by atoms with Crippen molar-refractivity contribution in [3.63, 3.8) is 0 Å². The molecular weight excluding hydrogens is 342 g/mol. The molecule has 0 unspecified atom stereocenters. The normalized spacial score (nSPS) is 16.4. The third-order valence-corrected chi connectivity index (χ3v) is 4.40. The monoisotopic (exact) mass is 367 g/mol. The van der Waals surface area contributed by atoms with Gasteiger partial charge < -0.3 is 19.9 Å².